The van der Waals surface area contributed by atoms with Crippen LogP contribution in [-0.2, 0) is 7.59 Å². The number of benzene rings is 2. The standard InChI is InChI=1S/C12H4Cl6N2O4/c13-11(14,15)6-1-5-2-7(12(16,17)18)4-9(20(23)24)10(5)8(3-6)19(21)22/h1-4H. The fourth-order valence-corrected chi connectivity index (χ4v) is 2.74. The van der Waals surface area contributed by atoms with E-state index in [9.17, 15) is 20.2 Å². The van der Waals surface area contributed by atoms with Crippen LogP contribution in [0.15, 0.2) is 24.3 Å². The molecule has 0 amide bonds. The van der Waals surface area contributed by atoms with E-state index in [1.54, 1.807) is 0 Å². The monoisotopic (exact) mass is 450 g/mol. The van der Waals surface area contributed by atoms with Gasteiger partial charge in [-0.1, -0.05) is 69.6 Å². The zero-order chi connectivity index (χ0) is 18.4. The maximum absolute atomic E-state index is 11.3. The van der Waals surface area contributed by atoms with Crippen molar-refractivity contribution in [2.75, 3.05) is 0 Å². The topological polar surface area (TPSA) is 86.3 Å². The molecule has 12 heteroatoms. The van der Waals surface area contributed by atoms with E-state index in [-0.39, 0.29) is 21.9 Å². The van der Waals surface area contributed by atoms with Gasteiger partial charge in [0.2, 0.25) is 7.59 Å². The summed E-state index contributed by atoms with van der Waals surface area (Å²) in [7, 11) is 0. The summed E-state index contributed by atoms with van der Waals surface area (Å²) >= 11 is 34.6. The summed E-state index contributed by atoms with van der Waals surface area (Å²) in [5, 5.41) is 22.4. The molecule has 0 atom stereocenters. The lowest BCUT2D eigenvalue weighted by molar-refractivity contribution is -0.390. The number of halogens is 6. The molecule has 0 saturated carbocycles. The summed E-state index contributed by atoms with van der Waals surface area (Å²) in [4.78, 5) is 21.0. The largest absolute Gasteiger partial charge is 0.284 e. The number of non-ortho nitro benzene ring substituents is 2. The highest BCUT2D eigenvalue weighted by Gasteiger charge is 2.33. The van der Waals surface area contributed by atoms with Gasteiger partial charge in [0, 0.05) is 23.3 Å². The second kappa shape index (κ2) is 6.52. The van der Waals surface area contributed by atoms with Crippen molar-refractivity contribution in [3.8, 4) is 0 Å². The number of nitro groups is 2. The molecule has 0 aliphatic rings. The molecule has 2 aromatic carbocycles. The van der Waals surface area contributed by atoms with Gasteiger partial charge in [-0.25, -0.2) is 0 Å². The lowest BCUT2D eigenvalue weighted by Gasteiger charge is -2.15. The van der Waals surface area contributed by atoms with Crippen molar-refractivity contribution in [1.82, 2.24) is 0 Å². The van der Waals surface area contributed by atoms with Gasteiger partial charge in [-0.3, -0.25) is 20.2 Å². The molecule has 6 nitrogen and oxygen atoms in total. The Kier molecular flexibility index (Phi) is 5.31. The molecule has 0 aliphatic carbocycles. The fourth-order valence-electron chi connectivity index (χ4n) is 2.09. The molecule has 0 N–H and O–H groups in total. The zero-order valence-corrected chi connectivity index (χ0v) is 15.6. The number of nitro benzene ring substituents is 2. The van der Waals surface area contributed by atoms with Gasteiger partial charge < -0.3 is 0 Å². The second-order valence-electron chi connectivity index (χ2n) is 4.60. The molecule has 0 aliphatic heterocycles. The first kappa shape index (κ1) is 19.6. The van der Waals surface area contributed by atoms with Crippen molar-refractivity contribution in [1.29, 1.82) is 0 Å². The molecule has 0 spiro atoms. The molecule has 2 rings (SSSR count). The first-order valence-corrected chi connectivity index (χ1v) is 8.14. The SMILES string of the molecule is O=[N+]([O-])c1cc(C(Cl)(Cl)Cl)cc2cc(C(Cl)(Cl)Cl)cc([N+](=O)[O-])c12. The summed E-state index contributed by atoms with van der Waals surface area (Å²) in [5.41, 5.74) is -1.31. The summed E-state index contributed by atoms with van der Waals surface area (Å²) in [6, 6.07) is 4.42. The Balaban J connectivity index is 3.03. The quantitative estimate of drug-likeness (QED) is 0.303. The highest BCUT2D eigenvalue weighted by molar-refractivity contribution is 6.67. The summed E-state index contributed by atoms with van der Waals surface area (Å²) in [5.74, 6) is 0. The Labute approximate surface area is 164 Å². The third-order valence-electron chi connectivity index (χ3n) is 3.06. The number of fused-ring (bicyclic) bond motifs is 1. The Hall–Kier alpha value is -0.760. The average Bonchev–Trinajstić information content (AvgIpc) is 2.42. The van der Waals surface area contributed by atoms with Gasteiger partial charge in [0.25, 0.3) is 11.4 Å². The first-order chi connectivity index (χ1) is 10.8. The lowest BCUT2D eigenvalue weighted by atomic mass is 10.0. The van der Waals surface area contributed by atoms with E-state index < -0.39 is 28.8 Å². The van der Waals surface area contributed by atoms with Crippen LogP contribution >= 0.6 is 69.6 Å². The van der Waals surface area contributed by atoms with Crippen LogP contribution in [0.25, 0.3) is 10.8 Å². The average molecular weight is 453 g/mol. The van der Waals surface area contributed by atoms with Crippen LogP contribution < -0.4 is 0 Å². The molecular formula is C12H4Cl6N2O4. The molecule has 2 aromatic rings. The van der Waals surface area contributed by atoms with E-state index in [4.69, 9.17) is 69.6 Å². The molecule has 24 heavy (non-hydrogen) atoms. The van der Waals surface area contributed by atoms with Crippen molar-refractivity contribution in [2.45, 2.75) is 7.59 Å². The molecule has 0 saturated heterocycles. The van der Waals surface area contributed by atoms with E-state index in [0.717, 1.165) is 12.1 Å². The van der Waals surface area contributed by atoms with Crippen LogP contribution in [0.3, 0.4) is 0 Å². The normalized spacial score (nSPS) is 12.4. The molecule has 0 radical (unpaired) electrons. The smallest absolute Gasteiger partial charge is 0.258 e. The predicted molar refractivity (Wildman–Crippen MR) is 95.7 cm³/mol. The van der Waals surface area contributed by atoms with Gasteiger partial charge in [0.05, 0.1) is 9.85 Å². The fraction of sp³-hybridized carbons (Fsp3) is 0.167. The zero-order valence-electron chi connectivity index (χ0n) is 11.1. The number of hydrogen-bond acceptors (Lipinski definition) is 4. The van der Waals surface area contributed by atoms with Crippen LogP contribution in [0.5, 0.6) is 0 Å². The van der Waals surface area contributed by atoms with Crippen molar-refractivity contribution in [3.05, 3.63) is 55.6 Å². The summed E-state index contributed by atoms with van der Waals surface area (Å²) in [6.07, 6.45) is 0. The first-order valence-electron chi connectivity index (χ1n) is 5.87. The highest BCUT2D eigenvalue weighted by Crippen LogP contribution is 2.47. The minimum atomic E-state index is -1.98. The minimum Gasteiger partial charge on any atom is -0.258 e. The van der Waals surface area contributed by atoms with Gasteiger partial charge in [0.1, 0.15) is 5.39 Å². The van der Waals surface area contributed by atoms with Gasteiger partial charge in [-0.05, 0) is 17.5 Å². The van der Waals surface area contributed by atoms with Crippen molar-refractivity contribution >= 4 is 91.8 Å². The number of nitrogens with zero attached hydrogens (tertiary/aromatic N) is 2. The molecule has 0 unspecified atom stereocenters. The number of rotatable bonds is 2. The number of hydrogen-bond donors (Lipinski definition) is 0. The van der Waals surface area contributed by atoms with E-state index in [1.807, 2.05) is 0 Å². The third-order valence-corrected chi connectivity index (χ3v) is 4.36. The van der Waals surface area contributed by atoms with E-state index >= 15 is 0 Å². The molecule has 0 aromatic heterocycles. The predicted octanol–water partition coefficient (Wildman–Crippen LogP) is 6.31. The minimum absolute atomic E-state index is 0.0288. The van der Waals surface area contributed by atoms with Gasteiger partial charge in [0.15, 0.2) is 0 Å². The van der Waals surface area contributed by atoms with Crippen LogP contribution in [0.2, 0.25) is 0 Å². The van der Waals surface area contributed by atoms with Crippen molar-refractivity contribution < 1.29 is 9.85 Å². The lowest BCUT2D eigenvalue weighted by Crippen LogP contribution is -2.06. The Bertz CT molecular complexity index is 792. The Morgan fingerprint density at radius 3 is 1.29 bits per heavy atom. The third kappa shape index (κ3) is 3.90. The van der Waals surface area contributed by atoms with Crippen LogP contribution in [0.1, 0.15) is 11.1 Å². The Morgan fingerprint density at radius 2 is 1.04 bits per heavy atom. The molecule has 0 fully saturated rings. The van der Waals surface area contributed by atoms with Gasteiger partial charge in [-0.2, -0.15) is 0 Å². The Morgan fingerprint density at radius 1 is 0.708 bits per heavy atom. The van der Waals surface area contributed by atoms with E-state index in [2.05, 4.69) is 0 Å². The molecule has 0 bridgehead atoms. The summed E-state index contributed by atoms with van der Waals surface area (Å²) < 4.78 is -3.96. The molecule has 0 heterocycles. The maximum Gasteiger partial charge on any atom is 0.284 e. The maximum atomic E-state index is 11.3. The van der Waals surface area contributed by atoms with Crippen molar-refractivity contribution in [3.63, 3.8) is 0 Å². The second-order valence-corrected chi connectivity index (χ2v) is 9.16. The van der Waals surface area contributed by atoms with Crippen LogP contribution in [0.4, 0.5) is 11.4 Å². The molecular weight excluding hydrogens is 449 g/mol. The molecule has 128 valence electrons. The van der Waals surface area contributed by atoms with Gasteiger partial charge in [-0.15, -0.1) is 0 Å². The van der Waals surface area contributed by atoms with Crippen molar-refractivity contribution in [2.24, 2.45) is 0 Å². The number of alkyl halides is 6. The van der Waals surface area contributed by atoms with E-state index in [0.29, 0.717) is 0 Å². The van der Waals surface area contributed by atoms with E-state index in [1.165, 1.54) is 12.1 Å². The summed E-state index contributed by atoms with van der Waals surface area (Å²) in [6.45, 7) is 0. The van der Waals surface area contributed by atoms with Crippen LogP contribution in [-0.4, -0.2) is 9.85 Å². The van der Waals surface area contributed by atoms with Gasteiger partial charge >= 0.3 is 0 Å². The van der Waals surface area contributed by atoms with Crippen LogP contribution in [0, 0.1) is 20.2 Å². The highest BCUT2D eigenvalue weighted by atomic mass is 35.6.